The number of benzene rings is 2. The maximum atomic E-state index is 12.7. The van der Waals surface area contributed by atoms with Gasteiger partial charge in [0.25, 0.3) is 0 Å². The molecule has 0 aliphatic heterocycles. The van der Waals surface area contributed by atoms with Crippen LogP contribution in [0.5, 0.6) is 0 Å². The van der Waals surface area contributed by atoms with Crippen LogP contribution in [0.4, 0.5) is 0 Å². The van der Waals surface area contributed by atoms with Gasteiger partial charge >= 0.3 is 0 Å². The Morgan fingerprint density at radius 2 is 2.00 bits per heavy atom. The number of H-pyrrole nitrogens is 1. The van der Waals surface area contributed by atoms with E-state index in [-0.39, 0.29) is 5.78 Å². The van der Waals surface area contributed by atoms with Crippen molar-refractivity contribution in [2.45, 2.75) is 0 Å². The van der Waals surface area contributed by atoms with E-state index in [4.69, 9.17) is 16.9 Å². The Bertz CT molecular complexity index is 908. The topological polar surface area (TPSA) is 56.6 Å². The van der Waals surface area contributed by atoms with Crippen LogP contribution in [0.3, 0.4) is 0 Å². The normalized spacial score (nSPS) is 10.5. The zero-order valence-corrected chi connectivity index (χ0v) is 13.0. The Morgan fingerprint density at radius 1 is 1.19 bits per heavy atom. The molecule has 1 aromatic heterocycles. The largest absolute Gasteiger partial charge is 0.360 e. The number of carbonyl (C=O) groups is 1. The van der Waals surface area contributed by atoms with E-state index in [1.54, 1.807) is 42.6 Å². The molecule has 3 nitrogen and oxygen atoms in total. The Labute approximate surface area is 134 Å². The third-order valence-corrected chi connectivity index (χ3v) is 4.04. The van der Waals surface area contributed by atoms with Crippen molar-refractivity contribution < 1.29 is 4.79 Å². The summed E-state index contributed by atoms with van der Waals surface area (Å²) in [6, 6.07) is 12.4. The third-order valence-electron chi connectivity index (χ3n) is 3.23. The van der Waals surface area contributed by atoms with Crippen LogP contribution in [0.15, 0.2) is 47.1 Å². The van der Waals surface area contributed by atoms with E-state index >= 15 is 0 Å². The molecule has 0 atom stereocenters. The molecule has 2 aromatic carbocycles. The summed E-state index contributed by atoms with van der Waals surface area (Å²) in [5.74, 6) is -0.172. The molecule has 0 spiro atoms. The average molecular weight is 360 g/mol. The molecule has 1 N–H and O–H groups in total. The van der Waals surface area contributed by atoms with Crippen molar-refractivity contribution in [3.8, 4) is 6.07 Å². The van der Waals surface area contributed by atoms with Gasteiger partial charge in [0, 0.05) is 32.7 Å². The highest BCUT2D eigenvalue weighted by atomic mass is 79.9. The SMILES string of the molecule is N#Cc1ccc2[nH]cc(C(=O)c3ccc(Br)cc3Cl)c2c1. The highest BCUT2D eigenvalue weighted by molar-refractivity contribution is 9.10. The predicted molar refractivity (Wildman–Crippen MR) is 85.6 cm³/mol. The molecule has 3 rings (SSSR count). The number of nitriles is 1. The van der Waals surface area contributed by atoms with Gasteiger partial charge in [0.2, 0.25) is 0 Å². The summed E-state index contributed by atoms with van der Waals surface area (Å²) in [5.41, 5.74) is 2.26. The van der Waals surface area contributed by atoms with Crippen molar-refractivity contribution in [3.63, 3.8) is 0 Å². The highest BCUT2D eigenvalue weighted by Crippen LogP contribution is 2.27. The highest BCUT2D eigenvalue weighted by Gasteiger charge is 2.17. The summed E-state index contributed by atoms with van der Waals surface area (Å²) in [5, 5.41) is 10.1. The lowest BCUT2D eigenvalue weighted by Gasteiger charge is -2.03. The van der Waals surface area contributed by atoms with Gasteiger partial charge in [-0.05, 0) is 36.4 Å². The third kappa shape index (κ3) is 2.46. The van der Waals surface area contributed by atoms with Gasteiger partial charge in [-0.3, -0.25) is 4.79 Å². The van der Waals surface area contributed by atoms with E-state index in [0.717, 1.165) is 15.4 Å². The van der Waals surface area contributed by atoms with E-state index < -0.39 is 0 Å². The zero-order valence-electron chi connectivity index (χ0n) is 10.7. The zero-order chi connectivity index (χ0) is 15.0. The molecular formula is C16H8BrClN2O. The number of fused-ring (bicyclic) bond motifs is 1. The van der Waals surface area contributed by atoms with Crippen LogP contribution in [-0.4, -0.2) is 10.8 Å². The van der Waals surface area contributed by atoms with Gasteiger partial charge < -0.3 is 4.98 Å². The van der Waals surface area contributed by atoms with Gasteiger partial charge in [-0.25, -0.2) is 0 Å². The number of hydrogen-bond donors (Lipinski definition) is 1. The summed E-state index contributed by atoms with van der Waals surface area (Å²) in [6.07, 6.45) is 1.65. The standard InChI is InChI=1S/C16H8BrClN2O/c17-10-2-3-11(14(18)6-10)16(21)13-8-20-15-4-1-9(7-19)5-12(13)15/h1-6,8,20H. The lowest BCUT2D eigenvalue weighted by Crippen LogP contribution is -2.01. The number of aromatic amines is 1. The molecule has 0 radical (unpaired) electrons. The second kappa shape index (κ2) is 5.36. The lowest BCUT2D eigenvalue weighted by atomic mass is 10.0. The van der Waals surface area contributed by atoms with Gasteiger partial charge in [0.05, 0.1) is 16.7 Å². The Kier molecular flexibility index (Phi) is 3.54. The Morgan fingerprint density at radius 3 is 2.71 bits per heavy atom. The second-order valence-corrected chi connectivity index (χ2v) is 5.85. The van der Waals surface area contributed by atoms with Crippen LogP contribution in [0.2, 0.25) is 5.02 Å². The summed E-state index contributed by atoms with van der Waals surface area (Å²) in [6.45, 7) is 0. The Balaban J connectivity index is 2.16. The summed E-state index contributed by atoms with van der Waals surface area (Å²) >= 11 is 9.45. The van der Waals surface area contributed by atoms with E-state index in [9.17, 15) is 4.79 Å². The quantitative estimate of drug-likeness (QED) is 0.675. The molecule has 0 saturated carbocycles. The average Bonchev–Trinajstić information content (AvgIpc) is 2.89. The molecule has 0 fully saturated rings. The van der Waals surface area contributed by atoms with Crippen molar-refractivity contribution in [3.05, 3.63) is 68.8 Å². The Hall–Kier alpha value is -2.09. The van der Waals surface area contributed by atoms with Gasteiger partial charge in [-0.15, -0.1) is 0 Å². The summed E-state index contributed by atoms with van der Waals surface area (Å²) in [4.78, 5) is 15.7. The minimum atomic E-state index is -0.172. The van der Waals surface area contributed by atoms with Crippen molar-refractivity contribution >= 4 is 44.2 Å². The van der Waals surface area contributed by atoms with E-state index in [0.29, 0.717) is 21.7 Å². The first kappa shape index (κ1) is 13.9. The molecule has 1 heterocycles. The number of aromatic nitrogens is 1. The van der Waals surface area contributed by atoms with E-state index in [1.807, 2.05) is 0 Å². The van der Waals surface area contributed by atoms with Gasteiger partial charge in [-0.1, -0.05) is 27.5 Å². The first-order chi connectivity index (χ1) is 10.1. The van der Waals surface area contributed by atoms with Crippen LogP contribution in [-0.2, 0) is 0 Å². The van der Waals surface area contributed by atoms with Gasteiger partial charge in [-0.2, -0.15) is 5.26 Å². The molecule has 0 aliphatic carbocycles. The molecule has 0 unspecified atom stereocenters. The van der Waals surface area contributed by atoms with Crippen molar-refractivity contribution in [2.24, 2.45) is 0 Å². The van der Waals surface area contributed by atoms with Gasteiger partial charge in [0.1, 0.15) is 0 Å². The smallest absolute Gasteiger partial charge is 0.196 e. The molecule has 0 bridgehead atoms. The monoisotopic (exact) mass is 358 g/mol. The molecule has 21 heavy (non-hydrogen) atoms. The number of carbonyl (C=O) groups excluding carboxylic acids is 1. The fourth-order valence-electron chi connectivity index (χ4n) is 2.20. The van der Waals surface area contributed by atoms with Crippen LogP contribution >= 0.6 is 27.5 Å². The minimum Gasteiger partial charge on any atom is -0.360 e. The predicted octanol–water partition coefficient (Wildman–Crippen LogP) is 4.69. The molecule has 102 valence electrons. The van der Waals surface area contributed by atoms with Crippen LogP contribution in [0.25, 0.3) is 10.9 Å². The molecule has 3 aromatic rings. The van der Waals surface area contributed by atoms with Gasteiger partial charge in [0.15, 0.2) is 5.78 Å². The maximum Gasteiger partial charge on any atom is 0.196 e. The first-order valence-corrected chi connectivity index (χ1v) is 7.28. The fourth-order valence-corrected chi connectivity index (χ4v) is 2.96. The van der Waals surface area contributed by atoms with Crippen molar-refractivity contribution in [2.75, 3.05) is 0 Å². The fraction of sp³-hybridized carbons (Fsp3) is 0. The molecule has 5 heteroatoms. The van der Waals surface area contributed by atoms with E-state index in [2.05, 4.69) is 27.0 Å². The van der Waals surface area contributed by atoms with Crippen LogP contribution in [0, 0.1) is 11.3 Å². The summed E-state index contributed by atoms with van der Waals surface area (Å²) in [7, 11) is 0. The number of rotatable bonds is 2. The summed E-state index contributed by atoms with van der Waals surface area (Å²) < 4.78 is 0.815. The number of nitrogens with zero attached hydrogens (tertiary/aromatic N) is 1. The second-order valence-electron chi connectivity index (χ2n) is 4.53. The van der Waals surface area contributed by atoms with Crippen LogP contribution < -0.4 is 0 Å². The first-order valence-electron chi connectivity index (χ1n) is 6.11. The lowest BCUT2D eigenvalue weighted by molar-refractivity contribution is 0.104. The van der Waals surface area contributed by atoms with E-state index in [1.165, 1.54) is 0 Å². The van der Waals surface area contributed by atoms with Crippen LogP contribution in [0.1, 0.15) is 21.5 Å². The minimum absolute atomic E-state index is 0.172. The number of halogens is 2. The molecule has 0 aliphatic rings. The van der Waals surface area contributed by atoms with Crippen molar-refractivity contribution in [1.82, 2.24) is 4.98 Å². The molecule has 0 saturated heterocycles. The molecule has 0 amide bonds. The number of nitrogens with one attached hydrogen (secondary N) is 1. The maximum absolute atomic E-state index is 12.7. The number of ketones is 1. The number of hydrogen-bond acceptors (Lipinski definition) is 2. The molecular weight excluding hydrogens is 352 g/mol. The van der Waals surface area contributed by atoms with Crippen molar-refractivity contribution in [1.29, 1.82) is 5.26 Å².